The van der Waals surface area contributed by atoms with Crippen LogP contribution in [0.2, 0.25) is 0 Å². The van der Waals surface area contributed by atoms with Gasteiger partial charge >= 0.3 is 11.9 Å². The fourth-order valence-corrected chi connectivity index (χ4v) is 3.01. The molecule has 0 aromatic rings. The van der Waals surface area contributed by atoms with Crippen molar-refractivity contribution in [3.63, 3.8) is 0 Å². The molecule has 0 aromatic heterocycles. The van der Waals surface area contributed by atoms with Crippen molar-refractivity contribution in [3.8, 4) is 0 Å². The first-order valence-corrected chi connectivity index (χ1v) is 9.05. The average Bonchev–Trinajstić information content (AvgIpc) is 2.45. The third-order valence-electron chi connectivity index (χ3n) is 3.34. The van der Waals surface area contributed by atoms with E-state index in [1.807, 2.05) is 0 Å². The molecule has 1 aliphatic heterocycles. The Labute approximate surface area is 141 Å². The molecule has 9 nitrogen and oxygen atoms in total. The first-order valence-electron chi connectivity index (χ1n) is 7.47. The lowest BCUT2D eigenvalue weighted by Crippen LogP contribution is -2.51. The molecule has 1 amide bonds. The van der Waals surface area contributed by atoms with Gasteiger partial charge < -0.3 is 14.8 Å². The van der Waals surface area contributed by atoms with Crippen LogP contribution in [0.3, 0.4) is 0 Å². The van der Waals surface area contributed by atoms with Crippen LogP contribution in [0.4, 0.5) is 0 Å². The maximum absolute atomic E-state index is 11.9. The fraction of sp³-hybridized carbons (Fsp3) is 0.786. The number of esters is 2. The predicted octanol–water partition coefficient (Wildman–Crippen LogP) is -0.258. The van der Waals surface area contributed by atoms with E-state index >= 15 is 0 Å². The van der Waals surface area contributed by atoms with Crippen LogP contribution in [0.5, 0.6) is 0 Å². The Balaban J connectivity index is 2.56. The van der Waals surface area contributed by atoms with E-state index in [1.54, 1.807) is 0 Å². The van der Waals surface area contributed by atoms with Crippen molar-refractivity contribution in [3.05, 3.63) is 0 Å². The SMILES string of the molecule is CC(=O)NCCCS(=O)(=O)OCC(C)(C)[C@H]1OC(=O)C(C)OC1=O. The second kappa shape index (κ2) is 7.93. The molecule has 1 N–H and O–H groups in total. The molecule has 0 aliphatic carbocycles. The van der Waals surface area contributed by atoms with Gasteiger partial charge in [0.1, 0.15) is 0 Å². The summed E-state index contributed by atoms with van der Waals surface area (Å²) < 4.78 is 38.5. The summed E-state index contributed by atoms with van der Waals surface area (Å²) in [5.41, 5.74) is -1.09. The van der Waals surface area contributed by atoms with E-state index in [-0.39, 0.29) is 31.2 Å². The van der Waals surface area contributed by atoms with Gasteiger partial charge in [0.2, 0.25) is 12.0 Å². The Bertz CT molecular complexity index is 598. The third kappa shape index (κ3) is 6.08. The highest BCUT2D eigenvalue weighted by atomic mass is 32.2. The summed E-state index contributed by atoms with van der Waals surface area (Å²) >= 11 is 0. The highest BCUT2D eigenvalue weighted by Gasteiger charge is 2.46. The van der Waals surface area contributed by atoms with E-state index < -0.39 is 39.7 Å². The number of hydrogen-bond acceptors (Lipinski definition) is 8. The van der Waals surface area contributed by atoms with Crippen molar-refractivity contribution >= 4 is 28.0 Å². The molecule has 0 radical (unpaired) electrons. The van der Waals surface area contributed by atoms with E-state index in [0.717, 1.165) is 0 Å². The number of amides is 1. The topological polar surface area (TPSA) is 125 Å². The zero-order valence-corrected chi connectivity index (χ0v) is 15.0. The lowest BCUT2D eigenvalue weighted by atomic mass is 9.87. The minimum Gasteiger partial charge on any atom is -0.448 e. The standard InChI is InChI=1S/C14H23NO8S/c1-9-12(17)23-11(13(18)22-9)14(3,4)8-21-24(19,20)7-5-6-15-10(2)16/h9,11H,5-8H2,1-4H3,(H,15,16)/t9?,11-/m0/s1. The van der Waals surface area contributed by atoms with Crippen LogP contribution in [0.15, 0.2) is 0 Å². The summed E-state index contributed by atoms with van der Waals surface area (Å²) in [5.74, 6) is -1.96. The monoisotopic (exact) mass is 365 g/mol. The molecule has 0 spiro atoms. The summed E-state index contributed by atoms with van der Waals surface area (Å²) in [7, 11) is -3.84. The molecule has 10 heteroatoms. The Kier molecular flexibility index (Phi) is 6.73. The normalized spacial score (nSPS) is 21.8. The molecule has 2 atom stereocenters. The molecule has 24 heavy (non-hydrogen) atoms. The highest BCUT2D eigenvalue weighted by molar-refractivity contribution is 7.86. The molecule has 1 fully saturated rings. The van der Waals surface area contributed by atoms with Crippen molar-refractivity contribution in [1.29, 1.82) is 0 Å². The molecule has 1 heterocycles. The Morgan fingerprint density at radius 3 is 2.46 bits per heavy atom. The fourth-order valence-electron chi connectivity index (χ4n) is 1.91. The molecule has 0 saturated carbocycles. The van der Waals surface area contributed by atoms with Crippen LogP contribution < -0.4 is 5.32 Å². The first kappa shape index (κ1) is 20.4. The van der Waals surface area contributed by atoms with Crippen LogP contribution in [-0.4, -0.2) is 57.4 Å². The first-order chi connectivity index (χ1) is 10.9. The summed E-state index contributed by atoms with van der Waals surface area (Å²) in [5, 5.41) is 2.48. The average molecular weight is 365 g/mol. The van der Waals surface area contributed by atoms with Crippen LogP contribution >= 0.6 is 0 Å². The molecule has 1 aliphatic rings. The van der Waals surface area contributed by atoms with Gasteiger partial charge in [-0.15, -0.1) is 0 Å². The number of carbonyl (C=O) groups excluding carboxylic acids is 3. The van der Waals surface area contributed by atoms with Gasteiger partial charge in [-0.3, -0.25) is 8.98 Å². The van der Waals surface area contributed by atoms with Gasteiger partial charge in [-0.1, -0.05) is 13.8 Å². The number of nitrogens with one attached hydrogen (secondary N) is 1. The number of carbonyl (C=O) groups is 3. The van der Waals surface area contributed by atoms with E-state index in [2.05, 4.69) is 5.32 Å². The molecule has 138 valence electrons. The van der Waals surface area contributed by atoms with E-state index in [4.69, 9.17) is 13.7 Å². The zero-order valence-electron chi connectivity index (χ0n) is 14.2. The molecule has 1 unspecified atom stereocenters. The quantitative estimate of drug-likeness (QED) is 0.354. The molecule has 0 bridgehead atoms. The smallest absolute Gasteiger partial charge is 0.348 e. The number of rotatable bonds is 8. The van der Waals surface area contributed by atoms with E-state index in [0.29, 0.717) is 0 Å². The highest BCUT2D eigenvalue weighted by Crippen LogP contribution is 2.29. The van der Waals surface area contributed by atoms with E-state index in [9.17, 15) is 22.8 Å². The van der Waals surface area contributed by atoms with Crippen molar-refractivity contribution in [1.82, 2.24) is 5.32 Å². The summed E-state index contributed by atoms with van der Waals surface area (Å²) in [6.45, 7) is 5.66. The minimum atomic E-state index is -3.84. The van der Waals surface area contributed by atoms with Gasteiger partial charge in [-0.05, 0) is 13.3 Å². The van der Waals surface area contributed by atoms with Crippen LogP contribution in [-0.2, 0) is 38.2 Å². The van der Waals surface area contributed by atoms with Gasteiger partial charge in [0, 0.05) is 18.9 Å². The van der Waals surface area contributed by atoms with Gasteiger partial charge in [0.25, 0.3) is 10.1 Å². The second-order valence-electron chi connectivity index (χ2n) is 6.25. The van der Waals surface area contributed by atoms with Crippen LogP contribution in [0.1, 0.15) is 34.1 Å². The van der Waals surface area contributed by atoms with Crippen molar-refractivity contribution < 1.29 is 36.5 Å². The van der Waals surface area contributed by atoms with Gasteiger partial charge in [0.15, 0.2) is 6.10 Å². The van der Waals surface area contributed by atoms with Gasteiger partial charge in [0.05, 0.1) is 12.4 Å². The lowest BCUT2D eigenvalue weighted by molar-refractivity contribution is -0.203. The van der Waals surface area contributed by atoms with Crippen LogP contribution in [0.25, 0.3) is 0 Å². The van der Waals surface area contributed by atoms with Crippen molar-refractivity contribution in [2.24, 2.45) is 5.41 Å². The van der Waals surface area contributed by atoms with Crippen LogP contribution in [0, 0.1) is 5.41 Å². The molecule has 0 aromatic carbocycles. The molecular weight excluding hydrogens is 342 g/mol. The van der Waals surface area contributed by atoms with Crippen molar-refractivity contribution in [2.45, 2.75) is 46.3 Å². The second-order valence-corrected chi connectivity index (χ2v) is 8.00. The predicted molar refractivity (Wildman–Crippen MR) is 82.3 cm³/mol. The minimum absolute atomic E-state index is 0.195. The van der Waals surface area contributed by atoms with Gasteiger partial charge in [-0.25, -0.2) is 9.59 Å². The third-order valence-corrected chi connectivity index (χ3v) is 4.60. The Morgan fingerprint density at radius 1 is 1.25 bits per heavy atom. The lowest BCUT2D eigenvalue weighted by Gasteiger charge is -2.35. The molecule has 1 rings (SSSR count). The largest absolute Gasteiger partial charge is 0.448 e. The van der Waals surface area contributed by atoms with E-state index in [1.165, 1.54) is 27.7 Å². The van der Waals surface area contributed by atoms with Crippen molar-refractivity contribution in [2.75, 3.05) is 18.9 Å². The Hall–Kier alpha value is -1.68. The number of hydrogen-bond donors (Lipinski definition) is 1. The number of cyclic esters (lactones) is 2. The maximum Gasteiger partial charge on any atom is 0.348 e. The molecular formula is C14H23NO8S. The van der Waals surface area contributed by atoms with Gasteiger partial charge in [-0.2, -0.15) is 8.42 Å². The zero-order chi connectivity index (χ0) is 18.5. The summed E-state index contributed by atoms with van der Waals surface area (Å²) in [6.07, 6.45) is -2.03. The molecule has 1 saturated heterocycles. The Morgan fingerprint density at radius 2 is 1.88 bits per heavy atom. The summed E-state index contributed by atoms with van der Waals surface area (Å²) in [6, 6.07) is 0. The summed E-state index contributed by atoms with van der Waals surface area (Å²) in [4.78, 5) is 34.1. The number of ether oxygens (including phenoxy) is 2. The maximum atomic E-state index is 11.9.